The Labute approximate surface area is 151 Å². The van der Waals surface area contributed by atoms with Crippen molar-refractivity contribution in [2.75, 3.05) is 0 Å². The third-order valence-electron chi connectivity index (χ3n) is 3.34. The van der Waals surface area contributed by atoms with Crippen LogP contribution in [0, 0.1) is 10.1 Å². The number of carbonyl (C=O) groups is 1. The van der Waals surface area contributed by atoms with Crippen LogP contribution in [0.3, 0.4) is 0 Å². The first-order valence-electron chi connectivity index (χ1n) is 7.11. The topological polar surface area (TPSA) is 99.9 Å². The molecule has 2 aromatic rings. The number of carboxylic acid groups (broad SMARTS) is 1. The van der Waals surface area contributed by atoms with E-state index >= 15 is 0 Å². The summed E-state index contributed by atoms with van der Waals surface area (Å²) in [6.45, 7) is 1.85. The highest BCUT2D eigenvalue weighted by Gasteiger charge is 2.17. The van der Waals surface area contributed by atoms with Gasteiger partial charge in [-0.1, -0.05) is 33.8 Å². The van der Waals surface area contributed by atoms with Crippen LogP contribution in [-0.4, -0.2) is 16.9 Å². The van der Waals surface area contributed by atoms with Gasteiger partial charge >= 0.3 is 0 Å². The zero-order chi connectivity index (χ0) is 17.7. The molecule has 0 amide bonds. The Bertz CT molecular complexity index is 752. The molecule has 0 aliphatic rings. The van der Waals surface area contributed by atoms with Crippen LogP contribution in [0.4, 0.5) is 5.69 Å². The van der Waals surface area contributed by atoms with E-state index in [1.54, 1.807) is 17.4 Å². The van der Waals surface area contributed by atoms with Gasteiger partial charge in [0.15, 0.2) is 0 Å². The van der Waals surface area contributed by atoms with E-state index in [2.05, 4.69) is 15.9 Å². The number of carbonyl (C=O) groups excluding carboxylic acids is 1. The van der Waals surface area contributed by atoms with E-state index in [4.69, 9.17) is 0 Å². The molecule has 0 bridgehead atoms. The lowest BCUT2D eigenvalue weighted by Gasteiger charge is -2.11. The summed E-state index contributed by atoms with van der Waals surface area (Å²) in [5.74, 6) is -1.16. The zero-order valence-electron chi connectivity index (χ0n) is 12.8. The fraction of sp³-hybridized carbons (Fsp3) is 0.188. The van der Waals surface area contributed by atoms with E-state index in [1.807, 2.05) is 24.3 Å². The number of aliphatic carboxylic acids is 1. The number of nitro groups is 1. The monoisotopic (exact) mass is 410 g/mol. The number of nitro benzene ring substituents is 1. The number of hydrogen-bond donors (Lipinski definition) is 1. The van der Waals surface area contributed by atoms with Crippen LogP contribution < -0.4 is 10.4 Å². The summed E-state index contributed by atoms with van der Waals surface area (Å²) in [6, 6.07) is 11.7. The lowest BCUT2D eigenvalue weighted by molar-refractivity contribution is -0.695. The van der Waals surface area contributed by atoms with Crippen LogP contribution in [0.15, 0.2) is 56.7 Å². The van der Waals surface area contributed by atoms with Crippen molar-refractivity contribution in [3.63, 3.8) is 0 Å². The molecule has 6 nitrogen and oxygen atoms in total. The van der Waals surface area contributed by atoms with Crippen molar-refractivity contribution in [1.29, 1.82) is 0 Å². The highest BCUT2D eigenvalue weighted by Crippen LogP contribution is 2.35. The van der Waals surface area contributed by atoms with Gasteiger partial charge < -0.3 is 15.2 Å². The molecule has 0 spiro atoms. The van der Waals surface area contributed by atoms with Gasteiger partial charge in [0.25, 0.3) is 5.69 Å². The van der Waals surface area contributed by atoms with Gasteiger partial charge in [0.1, 0.15) is 12.6 Å². The Balaban J connectivity index is 2.18. The molecule has 2 aromatic carbocycles. The van der Waals surface area contributed by atoms with Crippen molar-refractivity contribution >= 4 is 39.3 Å². The second-order valence-corrected chi connectivity index (χ2v) is 7.19. The number of hydrogen-bond acceptors (Lipinski definition) is 5. The average Bonchev–Trinajstić information content (AvgIpc) is 2.55. The maximum atomic E-state index is 11.3. The third kappa shape index (κ3) is 5.05. The van der Waals surface area contributed by atoms with Crippen molar-refractivity contribution < 1.29 is 20.1 Å². The lowest BCUT2D eigenvalue weighted by Crippen LogP contribution is -2.90. The Kier molecular flexibility index (Phi) is 6.36. The van der Waals surface area contributed by atoms with Crippen LogP contribution >= 0.6 is 27.7 Å². The summed E-state index contributed by atoms with van der Waals surface area (Å²) in [6.07, 6.45) is 0. The SMILES string of the molecule is C[C@H]([NH2+]Cc1ccc(Sc2ccc(Br)cc2)c([N+](=O)[O-])c1)C(=O)[O-]. The minimum Gasteiger partial charge on any atom is -0.544 e. The molecule has 1 atom stereocenters. The van der Waals surface area contributed by atoms with E-state index in [0.717, 1.165) is 9.37 Å². The molecule has 0 aliphatic heterocycles. The summed E-state index contributed by atoms with van der Waals surface area (Å²) in [7, 11) is 0. The van der Waals surface area contributed by atoms with Crippen molar-refractivity contribution in [2.24, 2.45) is 0 Å². The quantitative estimate of drug-likeness (QED) is 0.552. The molecule has 2 rings (SSSR count). The van der Waals surface area contributed by atoms with E-state index in [1.165, 1.54) is 24.8 Å². The molecule has 126 valence electrons. The van der Waals surface area contributed by atoms with Gasteiger partial charge in [-0.2, -0.15) is 0 Å². The van der Waals surface area contributed by atoms with E-state index in [-0.39, 0.29) is 5.69 Å². The Morgan fingerprint density at radius 2 is 1.96 bits per heavy atom. The predicted octanol–water partition coefficient (Wildman–Crippen LogP) is 1.71. The van der Waals surface area contributed by atoms with Crippen LogP contribution in [0.1, 0.15) is 12.5 Å². The molecule has 0 heterocycles. The molecule has 2 N–H and O–H groups in total. The van der Waals surface area contributed by atoms with Gasteiger partial charge in [-0.3, -0.25) is 10.1 Å². The smallest absolute Gasteiger partial charge is 0.283 e. The first kappa shape index (κ1) is 18.4. The summed E-state index contributed by atoms with van der Waals surface area (Å²) < 4.78 is 0.939. The molecule has 8 heteroatoms. The molecular weight excluding hydrogens is 396 g/mol. The van der Waals surface area contributed by atoms with E-state index in [0.29, 0.717) is 17.0 Å². The minimum atomic E-state index is -1.16. The van der Waals surface area contributed by atoms with E-state index < -0.39 is 16.9 Å². The molecule has 0 radical (unpaired) electrons. The number of nitrogens with two attached hydrogens (primary N) is 1. The van der Waals surface area contributed by atoms with Gasteiger partial charge in [-0.15, -0.1) is 0 Å². The summed E-state index contributed by atoms with van der Waals surface area (Å²) in [5, 5.41) is 23.6. The molecule has 0 aliphatic carbocycles. The highest BCUT2D eigenvalue weighted by molar-refractivity contribution is 9.10. The van der Waals surface area contributed by atoms with Crippen molar-refractivity contribution in [1.82, 2.24) is 0 Å². The molecular formula is C16H15BrN2O4S. The Morgan fingerprint density at radius 1 is 1.29 bits per heavy atom. The Hall–Kier alpha value is -1.90. The van der Waals surface area contributed by atoms with Crippen LogP contribution in [-0.2, 0) is 11.3 Å². The van der Waals surface area contributed by atoms with Crippen LogP contribution in [0.25, 0.3) is 0 Å². The Morgan fingerprint density at radius 3 is 2.54 bits per heavy atom. The first-order valence-corrected chi connectivity index (χ1v) is 8.72. The second-order valence-electron chi connectivity index (χ2n) is 5.16. The van der Waals surface area contributed by atoms with Gasteiger partial charge in [0.2, 0.25) is 0 Å². The van der Waals surface area contributed by atoms with Crippen molar-refractivity contribution in [2.45, 2.75) is 29.3 Å². The molecule has 0 unspecified atom stereocenters. The molecule has 0 saturated carbocycles. The summed E-state index contributed by atoms with van der Waals surface area (Å²) in [5.41, 5.74) is 0.699. The number of nitrogens with zero attached hydrogens (tertiary/aromatic N) is 1. The number of rotatable bonds is 7. The van der Waals surface area contributed by atoms with Gasteiger partial charge in [-0.05, 0) is 37.3 Å². The molecule has 24 heavy (non-hydrogen) atoms. The molecule has 0 fully saturated rings. The average molecular weight is 411 g/mol. The fourth-order valence-corrected chi connectivity index (χ4v) is 3.12. The van der Waals surface area contributed by atoms with Gasteiger partial charge in [-0.25, -0.2) is 0 Å². The number of benzene rings is 2. The van der Waals surface area contributed by atoms with Gasteiger partial charge in [0.05, 0.1) is 15.8 Å². The second kappa shape index (κ2) is 8.27. The maximum absolute atomic E-state index is 11.3. The summed E-state index contributed by atoms with van der Waals surface area (Å²) in [4.78, 5) is 23.1. The zero-order valence-corrected chi connectivity index (χ0v) is 15.2. The largest absolute Gasteiger partial charge is 0.544 e. The maximum Gasteiger partial charge on any atom is 0.283 e. The molecule has 0 saturated heterocycles. The normalized spacial score (nSPS) is 11.9. The highest BCUT2D eigenvalue weighted by atomic mass is 79.9. The standard InChI is InChI=1S/C16H15BrN2O4S/c1-10(16(20)21)18-9-11-2-7-15(14(8-11)19(22)23)24-13-5-3-12(17)4-6-13/h2-8,10,18H,9H2,1H3,(H,20,21)/t10-/m0/s1. The van der Waals surface area contributed by atoms with Crippen LogP contribution in [0.2, 0.25) is 0 Å². The van der Waals surface area contributed by atoms with E-state index in [9.17, 15) is 20.0 Å². The summed E-state index contributed by atoms with van der Waals surface area (Å²) >= 11 is 4.66. The first-order chi connectivity index (χ1) is 11.4. The van der Waals surface area contributed by atoms with Crippen LogP contribution in [0.5, 0.6) is 0 Å². The number of carboxylic acids is 1. The van der Waals surface area contributed by atoms with Crippen molar-refractivity contribution in [3.05, 3.63) is 62.6 Å². The van der Waals surface area contributed by atoms with Crippen molar-refractivity contribution in [3.8, 4) is 0 Å². The predicted molar refractivity (Wildman–Crippen MR) is 91.5 cm³/mol. The minimum absolute atomic E-state index is 0.00919. The van der Waals surface area contributed by atoms with Gasteiger partial charge in [0, 0.05) is 21.0 Å². The number of halogens is 1. The molecule has 0 aromatic heterocycles. The number of quaternary nitrogens is 1. The lowest BCUT2D eigenvalue weighted by atomic mass is 10.2. The fourth-order valence-electron chi connectivity index (χ4n) is 1.96. The third-order valence-corrected chi connectivity index (χ3v) is 4.94.